The van der Waals surface area contributed by atoms with Crippen LogP contribution in [-0.4, -0.2) is 37.3 Å². The number of carbonyl (C=O) groups is 1. The van der Waals surface area contributed by atoms with Gasteiger partial charge in [-0.2, -0.15) is 0 Å². The number of nitrogens with two attached hydrogens (primary N) is 1. The third-order valence-electron chi connectivity index (χ3n) is 4.01. The Kier molecular flexibility index (Phi) is 6.21. The van der Waals surface area contributed by atoms with E-state index in [2.05, 4.69) is 5.32 Å². The summed E-state index contributed by atoms with van der Waals surface area (Å²) >= 11 is 0. The van der Waals surface area contributed by atoms with E-state index in [1.54, 1.807) is 0 Å². The second-order valence-electron chi connectivity index (χ2n) is 5.72. The maximum Gasteiger partial charge on any atom is 0.249 e. The molecule has 0 aromatic heterocycles. The molecule has 0 spiro atoms. The molecular weight excluding hydrogens is 280 g/mol. The molecule has 1 aromatic rings. The van der Waals surface area contributed by atoms with Gasteiger partial charge in [0, 0.05) is 6.54 Å². The van der Waals surface area contributed by atoms with Gasteiger partial charge < -0.3 is 20.5 Å². The van der Waals surface area contributed by atoms with Crippen LogP contribution >= 0.6 is 0 Å². The molecule has 1 aliphatic rings. The van der Waals surface area contributed by atoms with Crippen molar-refractivity contribution in [3.63, 3.8) is 0 Å². The third kappa shape index (κ3) is 4.45. The van der Waals surface area contributed by atoms with Crippen molar-refractivity contribution < 1.29 is 14.3 Å². The van der Waals surface area contributed by atoms with Gasteiger partial charge in [-0.25, -0.2) is 0 Å². The summed E-state index contributed by atoms with van der Waals surface area (Å²) in [6.07, 6.45) is 2.02. The zero-order valence-corrected chi connectivity index (χ0v) is 13.4. The van der Waals surface area contributed by atoms with E-state index in [0.717, 1.165) is 30.6 Å². The van der Waals surface area contributed by atoms with Gasteiger partial charge in [-0.1, -0.05) is 25.1 Å². The maximum absolute atomic E-state index is 12.1. The van der Waals surface area contributed by atoms with Crippen molar-refractivity contribution >= 4 is 5.91 Å². The number of para-hydroxylation sites is 1. The Balaban J connectivity index is 1.81. The average molecular weight is 306 g/mol. The highest BCUT2D eigenvalue weighted by Crippen LogP contribution is 2.20. The fourth-order valence-corrected chi connectivity index (χ4v) is 2.54. The summed E-state index contributed by atoms with van der Waals surface area (Å²) < 4.78 is 11.6. The predicted octanol–water partition coefficient (Wildman–Crippen LogP) is 1.77. The van der Waals surface area contributed by atoms with Crippen LogP contribution in [0.4, 0.5) is 0 Å². The van der Waals surface area contributed by atoms with Crippen molar-refractivity contribution in [3.05, 3.63) is 29.8 Å². The minimum atomic E-state index is -0.371. The Bertz CT molecular complexity index is 493. The first kappa shape index (κ1) is 16.8. The summed E-state index contributed by atoms with van der Waals surface area (Å²) in [7, 11) is 0. The standard InChI is InChI=1S/C17H26N2O3/c1-3-13(21-15-7-5-4-6-12(15)2)11-19-17(20)16-9-8-14(10-18)22-16/h4-7,13-14,16H,3,8-11,18H2,1-2H3,(H,19,20)/t13?,14-,16+/m1/s1. The van der Waals surface area contributed by atoms with Crippen LogP contribution in [0.15, 0.2) is 24.3 Å². The highest BCUT2D eigenvalue weighted by Gasteiger charge is 2.30. The maximum atomic E-state index is 12.1. The monoisotopic (exact) mass is 306 g/mol. The predicted molar refractivity (Wildman–Crippen MR) is 85.8 cm³/mol. The smallest absolute Gasteiger partial charge is 0.249 e. The van der Waals surface area contributed by atoms with E-state index < -0.39 is 0 Å². The Morgan fingerprint density at radius 3 is 2.86 bits per heavy atom. The van der Waals surface area contributed by atoms with E-state index in [4.69, 9.17) is 15.2 Å². The van der Waals surface area contributed by atoms with E-state index in [1.807, 2.05) is 38.1 Å². The number of amides is 1. The molecule has 3 N–H and O–H groups in total. The Hall–Kier alpha value is -1.59. The minimum absolute atomic E-state index is 0.0148. The number of carbonyl (C=O) groups excluding carboxylic acids is 1. The molecule has 1 saturated heterocycles. The Labute approximate surface area is 132 Å². The SMILES string of the molecule is CCC(CNC(=O)[C@@H]1CC[C@H](CN)O1)Oc1ccccc1C. The second kappa shape index (κ2) is 8.15. The van der Waals surface area contributed by atoms with Crippen LogP contribution in [-0.2, 0) is 9.53 Å². The van der Waals surface area contributed by atoms with Gasteiger partial charge in [0.25, 0.3) is 0 Å². The Morgan fingerprint density at radius 2 is 2.23 bits per heavy atom. The molecule has 2 rings (SSSR count). The lowest BCUT2D eigenvalue weighted by molar-refractivity contribution is -0.132. The highest BCUT2D eigenvalue weighted by atomic mass is 16.5. The molecule has 1 amide bonds. The zero-order valence-electron chi connectivity index (χ0n) is 13.4. The van der Waals surface area contributed by atoms with Crippen molar-refractivity contribution in [2.75, 3.05) is 13.1 Å². The van der Waals surface area contributed by atoms with Gasteiger partial charge in [0.2, 0.25) is 5.91 Å². The summed E-state index contributed by atoms with van der Waals surface area (Å²) in [6, 6.07) is 7.90. The zero-order chi connectivity index (χ0) is 15.9. The largest absolute Gasteiger partial charge is 0.488 e. The molecule has 0 bridgehead atoms. The fourth-order valence-electron chi connectivity index (χ4n) is 2.54. The Morgan fingerprint density at radius 1 is 1.45 bits per heavy atom. The molecule has 122 valence electrons. The molecule has 0 aliphatic carbocycles. The average Bonchev–Trinajstić information content (AvgIpc) is 3.02. The van der Waals surface area contributed by atoms with Gasteiger partial charge in [0.15, 0.2) is 0 Å². The number of hydrogen-bond donors (Lipinski definition) is 2. The van der Waals surface area contributed by atoms with Gasteiger partial charge in [0.1, 0.15) is 18.0 Å². The molecule has 0 radical (unpaired) electrons. The van der Waals surface area contributed by atoms with Crippen molar-refractivity contribution in [2.24, 2.45) is 5.73 Å². The quantitative estimate of drug-likeness (QED) is 0.805. The van der Waals surface area contributed by atoms with Crippen molar-refractivity contribution in [2.45, 2.75) is 51.4 Å². The summed E-state index contributed by atoms with van der Waals surface area (Å²) in [5.74, 6) is 0.798. The first-order valence-corrected chi connectivity index (χ1v) is 7.99. The minimum Gasteiger partial charge on any atom is -0.488 e. The van der Waals surface area contributed by atoms with Crippen LogP contribution in [0.5, 0.6) is 5.75 Å². The second-order valence-corrected chi connectivity index (χ2v) is 5.72. The van der Waals surface area contributed by atoms with Gasteiger partial charge in [-0.15, -0.1) is 0 Å². The number of rotatable bonds is 7. The normalized spacial score (nSPS) is 22.3. The van der Waals surface area contributed by atoms with E-state index in [1.165, 1.54) is 0 Å². The number of ether oxygens (including phenoxy) is 2. The molecule has 1 heterocycles. The van der Waals surface area contributed by atoms with E-state index >= 15 is 0 Å². The summed E-state index contributed by atoms with van der Waals surface area (Å²) in [5.41, 5.74) is 6.66. The van der Waals surface area contributed by atoms with E-state index in [9.17, 15) is 4.79 Å². The molecular formula is C17H26N2O3. The molecule has 5 heteroatoms. The third-order valence-corrected chi connectivity index (χ3v) is 4.01. The van der Waals surface area contributed by atoms with Crippen LogP contribution in [0, 0.1) is 6.92 Å². The van der Waals surface area contributed by atoms with Gasteiger partial charge in [0.05, 0.1) is 12.6 Å². The summed E-state index contributed by atoms with van der Waals surface area (Å²) in [5, 5.41) is 2.93. The van der Waals surface area contributed by atoms with Gasteiger partial charge in [-0.05, 0) is 37.8 Å². The van der Waals surface area contributed by atoms with E-state index in [-0.39, 0.29) is 24.2 Å². The lowest BCUT2D eigenvalue weighted by Crippen LogP contribution is -2.41. The first-order chi connectivity index (χ1) is 10.6. The van der Waals surface area contributed by atoms with Crippen molar-refractivity contribution in [3.8, 4) is 5.75 Å². The molecule has 3 atom stereocenters. The van der Waals surface area contributed by atoms with E-state index in [0.29, 0.717) is 13.1 Å². The number of hydrogen-bond acceptors (Lipinski definition) is 4. The number of benzene rings is 1. The van der Waals surface area contributed by atoms with Gasteiger partial charge >= 0.3 is 0 Å². The van der Waals surface area contributed by atoms with Crippen molar-refractivity contribution in [1.29, 1.82) is 0 Å². The molecule has 0 saturated carbocycles. The fraction of sp³-hybridized carbons (Fsp3) is 0.588. The van der Waals surface area contributed by atoms with Crippen LogP contribution in [0.25, 0.3) is 0 Å². The molecule has 1 fully saturated rings. The van der Waals surface area contributed by atoms with Crippen LogP contribution < -0.4 is 15.8 Å². The highest BCUT2D eigenvalue weighted by molar-refractivity contribution is 5.81. The van der Waals surface area contributed by atoms with Crippen molar-refractivity contribution in [1.82, 2.24) is 5.32 Å². The van der Waals surface area contributed by atoms with Crippen LogP contribution in [0.2, 0.25) is 0 Å². The molecule has 22 heavy (non-hydrogen) atoms. The summed E-state index contributed by atoms with van der Waals surface area (Å²) in [6.45, 7) is 5.01. The topological polar surface area (TPSA) is 73.6 Å². The lowest BCUT2D eigenvalue weighted by Gasteiger charge is -2.20. The van der Waals surface area contributed by atoms with Gasteiger partial charge in [-0.3, -0.25) is 4.79 Å². The molecule has 5 nitrogen and oxygen atoms in total. The summed E-state index contributed by atoms with van der Waals surface area (Å²) in [4.78, 5) is 12.1. The first-order valence-electron chi connectivity index (χ1n) is 7.99. The van der Waals surface area contributed by atoms with Crippen LogP contribution in [0.3, 0.4) is 0 Å². The molecule has 1 aromatic carbocycles. The number of aryl methyl sites for hydroxylation is 1. The molecule has 1 aliphatic heterocycles. The lowest BCUT2D eigenvalue weighted by atomic mass is 10.2. The van der Waals surface area contributed by atoms with Crippen LogP contribution in [0.1, 0.15) is 31.7 Å². The number of nitrogens with one attached hydrogen (secondary N) is 1. The molecule has 1 unspecified atom stereocenters.